The summed E-state index contributed by atoms with van der Waals surface area (Å²) in [6.07, 6.45) is 0. The monoisotopic (exact) mass is 771 g/mol. The molecule has 59 heavy (non-hydrogen) atoms. The van der Waals surface area contributed by atoms with Gasteiger partial charge in [-0.25, -0.2) is 0 Å². The van der Waals surface area contributed by atoms with Crippen LogP contribution in [0.15, 0.2) is 205 Å². The summed E-state index contributed by atoms with van der Waals surface area (Å²) in [5.41, 5.74) is 11.7. The van der Waals surface area contributed by atoms with Crippen LogP contribution in [0.25, 0.3) is 114 Å². The highest BCUT2D eigenvalue weighted by Gasteiger charge is 2.18. The lowest BCUT2D eigenvalue weighted by Gasteiger charge is -2.15. The van der Waals surface area contributed by atoms with E-state index in [-0.39, 0.29) is 0 Å². The lowest BCUT2D eigenvalue weighted by atomic mass is 10.1. The number of fused-ring (bicyclic) bond motifs is 13. The van der Waals surface area contributed by atoms with Gasteiger partial charge in [-0.1, -0.05) is 91.0 Å². The van der Waals surface area contributed by atoms with Crippen molar-refractivity contribution >= 4 is 108 Å². The molecule has 13 rings (SSSR count). The molecule has 0 spiro atoms. The molecule has 0 amide bonds. The molecule has 4 nitrogen and oxygen atoms in total. The predicted octanol–water partition coefficient (Wildman–Crippen LogP) is 15.2. The first kappa shape index (κ1) is 32.5. The summed E-state index contributed by atoms with van der Waals surface area (Å²) >= 11 is 1.85. The van der Waals surface area contributed by atoms with Crippen LogP contribution in [0.5, 0.6) is 0 Å². The quantitative estimate of drug-likeness (QED) is 0.176. The minimum Gasteiger partial charge on any atom is -0.456 e. The Labute approximate surface area is 341 Å². The van der Waals surface area contributed by atoms with Crippen molar-refractivity contribution in [2.45, 2.75) is 0 Å². The molecule has 4 heterocycles. The van der Waals surface area contributed by atoms with Crippen LogP contribution in [0, 0.1) is 0 Å². The molecule has 0 aliphatic heterocycles. The molecule has 5 heteroatoms. The Hall–Kier alpha value is -7.60. The maximum atomic E-state index is 6.59. The van der Waals surface area contributed by atoms with E-state index in [0.717, 1.165) is 77.4 Å². The Bertz CT molecular complexity index is 3910. The second kappa shape index (κ2) is 12.4. The molecule has 0 radical (unpaired) electrons. The number of furan rings is 1. The van der Waals surface area contributed by atoms with Crippen LogP contribution >= 0.6 is 11.3 Å². The number of rotatable bonds is 3. The first-order valence-corrected chi connectivity index (χ1v) is 20.8. The van der Waals surface area contributed by atoms with Gasteiger partial charge in [0, 0.05) is 75.2 Å². The second-order valence-corrected chi connectivity index (χ2v) is 16.5. The first-order valence-electron chi connectivity index (χ1n) is 20.0. The molecule has 0 saturated heterocycles. The van der Waals surface area contributed by atoms with E-state index in [1.54, 1.807) is 0 Å². The smallest absolute Gasteiger partial charge is 0.135 e. The Morgan fingerprint density at radius 2 is 0.949 bits per heavy atom. The normalized spacial score (nSPS) is 12.1. The van der Waals surface area contributed by atoms with Crippen LogP contribution in [0.4, 0.5) is 0 Å². The molecule has 0 saturated carbocycles. The van der Waals surface area contributed by atoms with E-state index in [2.05, 4.69) is 214 Å². The molecule has 0 atom stereocenters. The maximum Gasteiger partial charge on any atom is 0.135 e. The van der Waals surface area contributed by atoms with Crippen LogP contribution in [0.2, 0.25) is 0 Å². The number of hydrogen-bond donors (Lipinski definition) is 0. The SMILES string of the molecule is c1ccc(-n2c3ccccc3c3c(-n4c5cccc(c5)c5cccc(c5)n(-c5ccc6c(c5)sc5ccccc56)c5ccc6oc7ccc4cc7c6c5)cccc32)cc1. The summed E-state index contributed by atoms with van der Waals surface area (Å²) in [5.74, 6) is 0. The zero-order chi connectivity index (χ0) is 38.6. The molecule has 0 N–H and O–H groups in total. The average Bonchev–Trinajstić information content (AvgIpc) is 3.96. The van der Waals surface area contributed by atoms with E-state index >= 15 is 0 Å². The number of benzene rings is 9. The molecule has 13 aromatic rings. The number of para-hydroxylation sites is 2. The summed E-state index contributed by atoms with van der Waals surface area (Å²) in [5, 5.41) is 9.44. The van der Waals surface area contributed by atoms with Crippen LogP contribution in [-0.2, 0) is 0 Å². The van der Waals surface area contributed by atoms with Crippen molar-refractivity contribution in [1.82, 2.24) is 13.7 Å². The largest absolute Gasteiger partial charge is 0.456 e. The zero-order valence-corrected chi connectivity index (χ0v) is 32.5. The lowest BCUT2D eigenvalue weighted by molar-refractivity contribution is 0.669. The summed E-state index contributed by atoms with van der Waals surface area (Å²) in [6, 6.07) is 73.0. The third kappa shape index (κ3) is 4.89. The number of thiophene rings is 1. The molecule has 276 valence electrons. The number of hydrogen-bond acceptors (Lipinski definition) is 2. The minimum absolute atomic E-state index is 0.862. The van der Waals surface area contributed by atoms with Crippen molar-refractivity contribution in [3.05, 3.63) is 200 Å². The van der Waals surface area contributed by atoms with Gasteiger partial charge in [-0.2, -0.15) is 0 Å². The second-order valence-electron chi connectivity index (χ2n) is 15.4. The Morgan fingerprint density at radius 3 is 1.73 bits per heavy atom. The van der Waals surface area contributed by atoms with Crippen molar-refractivity contribution in [2.24, 2.45) is 0 Å². The molecule has 4 aromatic heterocycles. The fraction of sp³-hybridized carbons (Fsp3) is 0. The summed E-state index contributed by atoms with van der Waals surface area (Å²) < 4.78 is 16.4. The van der Waals surface area contributed by atoms with E-state index < -0.39 is 0 Å². The molecule has 9 aromatic carbocycles. The fourth-order valence-corrected chi connectivity index (χ4v) is 10.6. The van der Waals surface area contributed by atoms with Crippen LogP contribution in [-0.4, -0.2) is 13.7 Å². The van der Waals surface area contributed by atoms with Gasteiger partial charge in [-0.3, -0.25) is 0 Å². The van der Waals surface area contributed by atoms with E-state index in [1.165, 1.54) is 36.5 Å². The maximum absolute atomic E-state index is 6.59. The van der Waals surface area contributed by atoms with Crippen molar-refractivity contribution in [3.8, 4) is 17.1 Å². The highest BCUT2D eigenvalue weighted by Crippen LogP contribution is 2.40. The Balaban J connectivity index is 1.17. The van der Waals surface area contributed by atoms with Gasteiger partial charge < -0.3 is 18.1 Å². The molecular weight excluding hydrogens is 739 g/mol. The minimum atomic E-state index is 0.862. The molecule has 0 unspecified atom stereocenters. The van der Waals surface area contributed by atoms with Gasteiger partial charge in [0.05, 0.1) is 16.7 Å². The van der Waals surface area contributed by atoms with Crippen molar-refractivity contribution < 1.29 is 4.42 Å². The molecule has 0 aliphatic rings. The van der Waals surface area contributed by atoms with Gasteiger partial charge in [-0.15, -0.1) is 11.3 Å². The highest BCUT2D eigenvalue weighted by atomic mass is 32.1. The van der Waals surface area contributed by atoms with Crippen molar-refractivity contribution in [1.29, 1.82) is 0 Å². The summed E-state index contributed by atoms with van der Waals surface area (Å²) in [4.78, 5) is 0. The van der Waals surface area contributed by atoms with E-state index in [1.807, 2.05) is 11.3 Å². The number of nitrogens with zero attached hydrogens (tertiary/aromatic N) is 3. The van der Waals surface area contributed by atoms with Gasteiger partial charge in [-0.05, 0) is 120 Å². The predicted molar refractivity (Wildman–Crippen MR) is 250 cm³/mol. The van der Waals surface area contributed by atoms with E-state index in [4.69, 9.17) is 4.42 Å². The fourth-order valence-electron chi connectivity index (χ4n) is 9.45. The highest BCUT2D eigenvalue weighted by molar-refractivity contribution is 7.25. The molecule has 8 bridgehead atoms. The molecule has 0 fully saturated rings. The van der Waals surface area contributed by atoms with E-state index in [0.29, 0.717) is 0 Å². The van der Waals surface area contributed by atoms with Crippen LogP contribution in [0.1, 0.15) is 0 Å². The summed E-state index contributed by atoms with van der Waals surface area (Å²) in [7, 11) is 0. The standard InChI is InChI=1S/C54H33N3OS/c1-2-13-36(14-3-1)57-47-19-6-4-18-44(47)54-48(20-10-21-49(54)57)56-38-16-9-12-35(30-38)34-11-8-15-37(29-34)55(41-23-26-43-42-17-5-7-22-52(42)59-53(43)33-41)39-24-27-50-45(31-39)46-32-40(56)25-28-51(46)58-50/h1-33H. The summed E-state index contributed by atoms with van der Waals surface area (Å²) in [6.45, 7) is 0. The third-order valence-electron chi connectivity index (χ3n) is 12.0. The Kier molecular flexibility index (Phi) is 6.85. The average molecular weight is 772 g/mol. The molecule has 0 aliphatic carbocycles. The van der Waals surface area contributed by atoms with Crippen LogP contribution < -0.4 is 0 Å². The zero-order valence-electron chi connectivity index (χ0n) is 31.7. The number of aromatic nitrogens is 3. The van der Waals surface area contributed by atoms with Gasteiger partial charge in [0.1, 0.15) is 11.2 Å². The van der Waals surface area contributed by atoms with Crippen LogP contribution in [0.3, 0.4) is 0 Å². The lowest BCUT2D eigenvalue weighted by Crippen LogP contribution is -1.99. The Morgan fingerprint density at radius 1 is 0.339 bits per heavy atom. The van der Waals surface area contributed by atoms with E-state index in [9.17, 15) is 0 Å². The van der Waals surface area contributed by atoms with Crippen molar-refractivity contribution in [2.75, 3.05) is 0 Å². The van der Waals surface area contributed by atoms with Gasteiger partial charge >= 0.3 is 0 Å². The van der Waals surface area contributed by atoms with Gasteiger partial charge in [0.2, 0.25) is 0 Å². The first-order chi connectivity index (χ1) is 29.2. The van der Waals surface area contributed by atoms with Crippen molar-refractivity contribution in [3.63, 3.8) is 0 Å². The molecular formula is C54H33N3OS. The van der Waals surface area contributed by atoms with Gasteiger partial charge in [0.25, 0.3) is 0 Å². The third-order valence-corrected chi connectivity index (χ3v) is 13.2. The topological polar surface area (TPSA) is 27.9 Å². The van der Waals surface area contributed by atoms with Gasteiger partial charge in [0.15, 0.2) is 0 Å².